The van der Waals surface area contributed by atoms with Crippen molar-refractivity contribution in [2.24, 2.45) is 0 Å². The van der Waals surface area contributed by atoms with Gasteiger partial charge in [0.05, 0.1) is 12.8 Å². The summed E-state index contributed by atoms with van der Waals surface area (Å²) in [6.45, 7) is 0. The highest BCUT2D eigenvalue weighted by molar-refractivity contribution is 9.11. The van der Waals surface area contributed by atoms with Crippen LogP contribution < -0.4 is 5.32 Å². The molecule has 0 aliphatic heterocycles. The summed E-state index contributed by atoms with van der Waals surface area (Å²) in [6, 6.07) is 6.90. The van der Waals surface area contributed by atoms with E-state index >= 15 is 0 Å². The van der Waals surface area contributed by atoms with Crippen molar-refractivity contribution in [1.82, 2.24) is 0 Å². The minimum atomic E-state index is -0.467. The molecule has 0 saturated heterocycles. The second-order valence-electron chi connectivity index (χ2n) is 3.77. The summed E-state index contributed by atoms with van der Waals surface area (Å²) in [4.78, 5) is 24.1. The van der Waals surface area contributed by atoms with Gasteiger partial charge in [0.25, 0.3) is 5.91 Å². The Balaban J connectivity index is 2.24. The molecule has 0 aliphatic rings. The Morgan fingerprint density at radius 1 is 1.20 bits per heavy atom. The van der Waals surface area contributed by atoms with Gasteiger partial charge < -0.3 is 10.1 Å². The topological polar surface area (TPSA) is 55.4 Å². The van der Waals surface area contributed by atoms with Gasteiger partial charge in [-0.2, -0.15) is 0 Å². The maximum atomic E-state index is 12.2. The van der Waals surface area contributed by atoms with Gasteiger partial charge in [-0.25, -0.2) is 4.79 Å². The molecule has 0 fully saturated rings. The van der Waals surface area contributed by atoms with Gasteiger partial charge in [-0.3, -0.25) is 4.79 Å². The number of halogens is 2. The average molecular weight is 419 g/mol. The van der Waals surface area contributed by atoms with Gasteiger partial charge in [-0.05, 0) is 29.6 Å². The van der Waals surface area contributed by atoms with Crippen molar-refractivity contribution in [3.63, 3.8) is 0 Å². The lowest BCUT2D eigenvalue weighted by Gasteiger charge is -2.06. The van der Waals surface area contributed by atoms with Crippen LogP contribution in [0.4, 0.5) is 5.69 Å². The molecule has 20 heavy (non-hydrogen) atoms. The van der Waals surface area contributed by atoms with Crippen LogP contribution in [0.3, 0.4) is 0 Å². The Bertz CT molecular complexity index is 649. The number of hydrogen-bond acceptors (Lipinski definition) is 4. The van der Waals surface area contributed by atoms with Crippen molar-refractivity contribution >= 4 is 60.8 Å². The number of amides is 1. The Labute approximate surface area is 136 Å². The third-order valence-electron chi connectivity index (χ3n) is 2.41. The maximum absolute atomic E-state index is 12.2. The molecule has 1 heterocycles. The highest BCUT2D eigenvalue weighted by Crippen LogP contribution is 2.25. The summed E-state index contributed by atoms with van der Waals surface area (Å²) in [6.07, 6.45) is 0. The standard InChI is InChI=1S/C13H9Br2NO3S/c1-19-13(18)11-10(2-3-20-11)16-12(17)7-4-8(14)6-9(15)5-7/h2-6H,1H3,(H,16,17). The molecule has 2 rings (SSSR count). The van der Waals surface area contributed by atoms with Gasteiger partial charge in [0.15, 0.2) is 0 Å². The van der Waals surface area contributed by atoms with Crippen molar-refractivity contribution < 1.29 is 14.3 Å². The number of hydrogen-bond donors (Lipinski definition) is 1. The number of carbonyl (C=O) groups excluding carboxylic acids is 2. The third-order valence-corrected chi connectivity index (χ3v) is 4.22. The van der Waals surface area contributed by atoms with Crippen LogP contribution in [-0.4, -0.2) is 19.0 Å². The predicted molar refractivity (Wildman–Crippen MR) is 85.5 cm³/mol. The lowest BCUT2D eigenvalue weighted by atomic mass is 10.2. The van der Waals surface area contributed by atoms with Gasteiger partial charge in [-0.1, -0.05) is 31.9 Å². The van der Waals surface area contributed by atoms with E-state index in [2.05, 4.69) is 41.9 Å². The molecule has 104 valence electrons. The lowest BCUT2D eigenvalue weighted by Crippen LogP contribution is -2.14. The SMILES string of the molecule is COC(=O)c1sccc1NC(=O)c1cc(Br)cc(Br)c1. The first-order valence-corrected chi connectivity index (χ1v) is 7.91. The quantitative estimate of drug-likeness (QED) is 0.755. The first kappa shape index (κ1) is 15.2. The molecule has 0 aliphatic carbocycles. The third kappa shape index (κ3) is 3.47. The van der Waals surface area contributed by atoms with Gasteiger partial charge in [0.1, 0.15) is 4.88 Å². The van der Waals surface area contributed by atoms with E-state index in [9.17, 15) is 9.59 Å². The first-order valence-electron chi connectivity index (χ1n) is 5.44. The van der Waals surface area contributed by atoms with Crippen molar-refractivity contribution in [2.45, 2.75) is 0 Å². The van der Waals surface area contributed by atoms with E-state index in [1.165, 1.54) is 18.4 Å². The predicted octanol–water partition coefficient (Wildman–Crippen LogP) is 4.31. The molecule has 7 heteroatoms. The van der Waals surface area contributed by atoms with Crippen LogP contribution >= 0.6 is 43.2 Å². The van der Waals surface area contributed by atoms with Crippen LogP contribution in [0.5, 0.6) is 0 Å². The maximum Gasteiger partial charge on any atom is 0.350 e. The fraction of sp³-hybridized carbons (Fsp3) is 0.0769. The molecule has 0 bridgehead atoms. The van der Waals surface area contributed by atoms with Crippen molar-refractivity contribution in [3.05, 3.63) is 49.0 Å². The summed E-state index contributed by atoms with van der Waals surface area (Å²) < 4.78 is 6.24. The Kier molecular flexibility index (Phi) is 4.95. The molecule has 0 spiro atoms. The minimum absolute atomic E-state index is 0.296. The van der Waals surface area contributed by atoms with E-state index in [0.29, 0.717) is 16.1 Å². The van der Waals surface area contributed by atoms with Crippen LogP contribution in [0.15, 0.2) is 38.6 Å². The molecule has 4 nitrogen and oxygen atoms in total. The van der Waals surface area contributed by atoms with E-state index in [-0.39, 0.29) is 5.91 Å². The number of rotatable bonds is 3. The zero-order valence-electron chi connectivity index (χ0n) is 10.3. The Hall–Kier alpha value is -1.18. The van der Waals surface area contributed by atoms with Crippen LogP contribution in [0, 0.1) is 0 Å². The summed E-state index contributed by atoms with van der Waals surface area (Å²) in [5, 5.41) is 4.43. The molecular weight excluding hydrogens is 410 g/mol. The van der Waals surface area contributed by atoms with E-state index < -0.39 is 5.97 Å². The van der Waals surface area contributed by atoms with Crippen molar-refractivity contribution in [2.75, 3.05) is 12.4 Å². The van der Waals surface area contributed by atoms with Gasteiger partial charge >= 0.3 is 5.97 Å². The number of methoxy groups -OCH3 is 1. The molecule has 1 amide bonds. The lowest BCUT2D eigenvalue weighted by molar-refractivity contribution is 0.0607. The molecule has 2 aromatic rings. The fourth-order valence-electron chi connectivity index (χ4n) is 1.54. The van der Waals surface area contributed by atoms with Crippen LogP contribution in [-0.2, 0) is 4.74 Å². The van der Waals surface area contributed by atoms with E-state index in [4.69, 9.17) is 0 Å². The van der Waals surface area contributed by atoms with E-state index in [1.807, 2.05) is 6.07 Å². The molecule has 1 aromatic carbocycles. The monoisotopic (exact) mass is 417 g/mol. The number of ether oxygens (including phenoxy) is 1. The normalized spacial score (nSPS) is 10.2. The molecule has 1 N–H and O–H groups in total. The van der Waals surface area contributed by atoms with Crippen LogP contribution in [0.2, 0.25) is 0 Å². The smallest absolute Gasteiger partial charge is 0.350 e. The molecule has 0 saturated carbocycles. The summed E-state index contributed by atoms with van der Waals surface area (Å²) in [5.41, 5.74) is 0.927. The molecule has 0 unspecified atom stereocenters. The van der Waals surface area contributed by atoms with E-state index in [0.717, 1.165) is 8.95 Å². The summed E-state index contributed by atoms with van der Waals surface area (Å²) >= 11 is 7.87. The zero-order valence-corrected chi connectivity index (χ0v) is 14.3. The largest absolute Gasteiger partial charge is 0.465 e. The molecule has 1 aromatic heterocycles. The second-order valence-corrected chi connectivity index (χ2v) is 6.51. The highest BCUT2D eigenvalue weighted by atomic mass is 79.9. The van der Waals surface area contributed by atoms with Crippen LogP contribution in [0.25, 0.3) is 0 Å². The number of anilines is 1. The number of thiophene rings is 1. The van der Waals surface area contributed by atoms with Gasteiger partial charge in [0.2, 0.25) is 0 Å². The fourth-order valence-corrected chi connectivity index (χ4v) is 3.60. The highest BCUT2D eigenvalue weighted by Gasteiger charge is 2.16. The summed E-state index contributed by atoms with van der Waals surface area (Å²) in [5.74, 6) is -0.763. The second kappa shape index (κ2) is 6.51. The first-order chi connectivity index (χ1) is 9.51. The Morgan fingerprint density at radius 2 is 1.85 bits per heavy atom. The summed E-state index contributed by atoms with van der Waals surface area (Å²) in [7, 11) is 1.30. The van der Waals surface area contributed by atoms with Crippen molar-refractivity contribution in [1.29, 1.82) is 0 Å². The number of benzene rings is 1. The van der Waals surface area contributed by atoms with Gasteiger partial charge in [0, 0.05) is 14.5 Å². The molecule has 0 atom stereocenters. The van der Waals surface area contributed by atoms with Gasteiger partial charge in [-0.15, -0.1) is 11.3 Å². The number of nitrogens with one attached hydrogen (secondary N) is 1. The van der Waals surface area contributed by atoms with E-state index in [1.54, 1.807) is 23.6 Å². The van der Waals surface area contributed by atoms with Crippen molar-refractivity contribution in [3.8, 4) is 0 Å². The zero-order chi connectivity index (χ0) is 14.7. The minimum Gasteiger partial charge on any atom is -0.465 e. The Morgan fingerprint density at radius 3 is 2.45 bits per heavy atom. The molecule has 0 radical (unpaired) electrons. The number of carbonyl (C=O) groups is 2. The number of esters is 1. The molecular formula is C13H9Br2NO3S. The van der Waals surface area contributed by atoms with Crippen LogP contribution in [0.1, 0.15) is 20.0 Å². The average Bonchev–Trinajstić information content (AvgIpc) is 2.84.